The highest BCUT2D eigenvalue weighted by molar-refractivity contribution is 8.00. The molecule has 2 N–H and O–H groups in total. The van der Waals surface area contributed by atoms with Crippen molar-refractivity contribution in [3.8, 4) is 0 Å². The monoisotopic (exact) mass is 256 g/mol. The molecule has 0 aromatic heterocycles. The molecule has 5 heteroatoms. The van der Waals surface area contributed by atoms with Gasteiger partial charge in [0.25, 0.3) is 0 Å². The summed E-state index contributed by atoms with van der Waals surface area (Å²) in [5, 5.41) is 0. The number of benzene rings is 1. The molecule has 0 radical (unpaired) electrons. The third kappa shape index (κ3) is 3.71. The summed E-state index contributed by atoms with van der Waals surface area (Å²) >= 11 is 1.31. The molecule has 0 spiro atoms. The average Bonchev–Trinajstić information content (AvgIpc) is 2.24. The molecular weight excluding hydrogens is 239 g/mol. The van der Waals surface area contributed by atoms with Crippen molar-refractivity contribution in [2.75, 3.05) is 19.8 Å². The molecule has 3 nitrogen and oxygen atoms in total. The van der Waals surface area contributed by atoms with E-state index in [1.807, 2.05) is 0 Å². The van der Waals surface area contributed by atoms with Crippen LogP contribution in [0.4, 0.5) is 4.39 Å². The number of hydrogen-bond acceptors (Lipinski definition) is 3. The zero-order valence-corrected chi connectivity index (χ0v) is 11.1. The first-order valence-electron chi connectivity index (χ1n) is 5.30. The lowest BCUT2D eigenvalue weighted by Gasteiger charge is -2.14. The molecule has 0 bridgehead atoms. The van der Waals surface area contributed by atoms with Gasteiger partial charge in [-0.15, -0.1) is 11.8 Å². The molecule has 0 fully saturated rings. The van der Waals surface area contributed by atoms with Gasteiger partial charge in [-0.25, -0.2) is 4.39 Å². The number of amides is 1. The van der Waals surface area contributed by atoms with Gasteiger partial charge in [-0.2, -0.15) is 0 Å². The van der Waals surface area contributed by atoms with E-state index in [0.717, 1.165) is 4.90 Å². The number of carbonyl (C=O) groups is 1. The van der Waals surface area contributed by atoms with E-state index in [1.165, 1.54) is 22.7 Å². The molecule has 17 heavy (non-hydrogen) atoms. The lowest BCUT2D eigenvalue weighted by atomic mass is 10.1. The maximum atomic E-state index is 13.6. The fourth-order valence-electron chi connectivity index (χ4n) is 1.35. The molecule has 1 amide bonds. The summed E-state index contributed by atoms with van der Waals surface area (Å²) in [6.07, 6.45) is 0. The summed E-state index contributed by atoms with van der Waals surface area (Å²) in [6.45, 7) is 1.73. The van der Waals surface area contributed by atoms with Crippen molar-refractivity contribution in [2.45, 2.75) is 17.9 Å². The number of hydrogen-bond donors (Lipinski definition) is 1. The van der Waals surface area contributed by atoms with Crippen molar-refractivity contribution in [3.05, 3.63) is 29.6 Å². The van der Waals surface area contributed by atoms with Crippen LogP contribution in [0.3, 0.4) is 0 Å². The van der Waals surface area contributed by atoms with Gasteiger partial charge in [-0.3, -0.25) is 4.79 Å². The number of thioether (sulfide) groups is 1. The molecule has 1 aromatic carbocycles. The Bertz CT molecular complexity index is 407. The molecule has 0 aliphatic heterocycles. The Morgan fingerprint density at radius 3 is 2.71 bits per heavy atom. The molecule has 0 saturated heterocycles. The van der Waals surface area contributed by atoms with Gasteiger partial charge < -0.3 is 10.6 Å². The zero-order valence-electron chi connectivity index (χ0n) is 10.2. The zero-order chi connectivity index (χ0) is 13.0. The fourth-order valence-corrected chi connectivity index (χ4v) is 2.50. The minimum Gasteiger partial charge on any atom is -0.348 e. The molecule has 1 atom stereocenters. The van der Waals surface area contributed by atoms with Crippen LogP contribution < -0.4 is 5.73 Å². The molecule has 94 valence electrons. The Kier molecular flexibility index (Phi) is 4.96. The van der Waals surface area contributed by atoms with E-state index in [1.54, 1.807) is 33.2 Å². The van der Waals surface area contributed by atoms with Crippen molar-refractivity contribution >= 4 is 17.7 Å². The smallest absolute Gasteiger partial charge is 0.232 e. The second-order valence-electron chi connectivity index (χ2n) is 4.02. The first kappa shape index (κ1) is 14.0. The SMILES string of the molecule is C[C@H](N)c1c(F)cccc1SCC(=O)N(C)C. The van der Waals surface area contributed by atoms with Crippen LogP contribution in [0.1, 0.15) is 18.5 Å². The molecule has 1 aromatic rings. The van der Waals surface area contributed by atoms with E-state index < -0.39 is 0 Å². The van der Waals surface area contributed by atoms with Crippen LogP contribution in [-0.4, -0.2) is 30.7 Å². The molecular formula is C12H17FN2OS. The second kappa shape index (κ2) is 6.02. The lowest BCUT2D eigenvalue weighted by molar-refractivity contribution is -0.125. The lowest BCUT2D eigenvalue weighted by Crippen LogP contribution is -2.23. The first-order chi connectivity index (χ1) is 7.93. The molecule has 0 unspecified atom stereocenters. The number of rotatable bonds is 4. The Labute approximate surface area is 105 Å². The Morgan fingerprint density at radius 1 is 1.53 bits per heavy atom. The summed E-state index contributed by atoms with van der Waals surface area (Å²) in [5.41, 5.74) is 6.21. The highest BCUT2D eigenvalue weighted by Crippen LogP contribution is 2.28. The highest BCUT2D eigenvalue weighted by atomic mass is 32.2. The van der Waals surface area contributed by atoms with Gasteiger partial charge in [-0.1, -0.05) is 6.07 Å². The van der Waals surface area contributed by atoms with Crippen molar-refractivity contribution in [3.63, 3.8) is 0 Å². The van der Waals surface area contributed by atoms with Crippen LogP contribution in [0.15, 0.2) is 23.1 Å². The molecule has 0 aliphatic carbocycles. The highest BCUT2D eigenvalue weighted by Gasteiger charge is 2.14. The van der Waals surface area contributed by atoms with Crippen LogP contribution in [0.2, 0.25) is 0 Å². The predicted octanol–water partition coefficient (Wildman–Crippen LogP) is 2.03. The van der Waals surface area contributed by atoms with E-state index in [-0.39, 0.29) is 23.5 Å². The number of halogens is 1. The first-order valence-corrected chi connectivity index (χ1v) is 6.29. The van der Waals surface area contributed by atoms with E-state index in [0.29, 0.717) is 5.56 Å². The Balaban J connectivity index is 2.84. The quantitative estimate of drug-likeness (QED) is 0.838. The van der Waals surface area contributed by atoms with E-state index in [4.69, 9.17) is 5.73 Å². The van der Waals surface area contributed by atoms with Crippen LogP contribution >= 0.6 is 11.8 Å². The topological polar surface area (TPSA) is 46.3 Å². The largest absolute Gasteiger partial charge is 0.348 e. The summed E-state index contributed by atoms with van der Waals surface area (Å²) in [4.78, 5) is 13.7. The molecule has 0 saturated carbocycles. The number of carbonyl (C=O) groups excluding carboxylic acids is 1. The van der Waals surface area contributed by atoms with Crippen molar-refractivity contribution in [2.24, 2.45) is 5.73 Å². The Hall–Kier alpha value is -1.07. The van der Waals surface area contributed by atoms with Crippen molar-refractivity contribution in [1.29, 1.82) is 0 Å². The summed E-state index contributed by atoms with van der Waals surface area (Å²) in [5.74, 6) is -0.0342. The second-order valence-corrected chi connectivity index (χ2v) is 5.03. The van der Waals surface area contributed by atoms with E-state index in [2.05, 4.69) is 0 Å². The molecule has 0 heterocycles. The summed E-state index contributed by atoms with van der Waals surface area (Å²) in [7, 11) is 3.39. The standard InChI is InChI=1S/C12H17FN2OS/c1-8(14)12-9(13)5-4-6-10(12)17-7-11(16)15(2)3/h4-6,8H,7,14H2,1-3H3/t8-/m0/s1. The van der Waals surface area contributed by atoms with Crippen LogP contribution in [0.5, 0.6) is 0 Å². The van der Waals surface area contributed by atoms with Crippen LogP contribution in [0.25, 0.3) is 0 Å². The summed E-state index contributed by atoms with van der Waals surface area (Å²) in [6, 6.07) is 4.42. The predicted molar refractivity (Wildman–Crippen MR) is 68.4 cm³/mol. The minimum atomic E-state index is -0.381. The van der Waals surface area contributed by atoms with Gasteiger partial charge in [0.2, 0.25) is 5.91 Å². The van der Waals surface area contributed by atoms with Gasteiger partial charge in [-0.05, 0) is 19.1 Å². The number of nitrogens with two attached hydrogens (primary N) is 1. The third-order valence-electron chi connectivity index (χ3n) is 2.32. The van der Waals surface area contributed by atoms with Gasteiger partial charge in [0.05, 0.1) is 5.75 Å². The average molecular weight is 256 g/mol. The van der Waals surface area contributed by atoms with Gasteiger partial charge in [0, 0.05) is 30.6 Å². The molecule has 1 rings (SSSR count). The van der Waals surface area contributed by atoms with Gasteiger partial charge in [0.15, 0.2) is 0 Å². The van der Waals surface area contributed by atoms with Crippen molar-refractivity contribution < 1.29 is 9.18 Å². The maximum absolute atomic E-state index is 13.6. The van der Waals surface area contributed by atoms with E-state index in [9.17, 15) is 9.18 Å². The van der Waals surface area contributed by atoms with Gasteiger partial charge in [0.1, 0.15) is 5.82 Å². The van der Waals surface area contributed by atoms with Crippen LogP contribution in [-0.2, 0) is 4.79 Å². The molecule has 0 aliphatic rings. The minimum absolute atomic E-state index is 0.00474. The fraction of sp³-hybridized carbons (Fsp3) is 0.417. The number of nitrogens with zero attached hydrogens (tertiary/aromatic N) is 1. The maximum Gasteiger partial charge on any atom is 0.232 e. The third-order valence-corrected chi connectivity index (χ3v) is 3.38. The van der Waals surface area contributed by atoms with E-state index >= 15 is 0 Å². The van der Waals surface area contributed by atoms with Crippen LogP contribution in [0, 0.1) is 5.82 Å². The van der Waals surface area contributed by atoms with Crippen molar-refractivity contribution in [1.82, 2.24) is 4.90 Å². The Morgan fingerprint density at radius 2 is 2.18 bits per heavy atom. The van der Waals surface area contributed by atoms with Gasteiger partial charge >= 0.3 is 0 Å². The summed E-state index contributed by atoms with van der Waals surface area (Å²) < 4.78 is 13.6. The normalized spacial score (nSPS) is 12.3.